The van der Waals surface area contributed by atoms with Gasteiger partial charge in [-0.25, -0.2) is 0 Å². The second-order valence-electron chi connectivity index (χ2n) is 4.88. The average Bonchev–Trinajstić information content (AvgIpc) is 3.08. The molecule has 0 radical (unpaired) electrons. The monoisotopic (exact) mass is 261 g/mol. The van der Waals surface area contributed by atoms with Crippen LogP contribution < -0.4 is 10.6 Å². The minimum atomic E-state index is 0.388. The highest BCUT2D eigenvalue weighted by Gasteiger charge is 2.32. The molecule has 0 aromatic heterocycles. The fraction of sp³-hybridized carbons (Fsp3) is 0.500. The molecule has 1 aromatic carbocycles. The van der Waals surface area contributed by atoms with Gasteiger partial charge in [0, 0.05) is 24.4 Å². The smallest absolute Gasteiger partial charge is 0.111 e. The number of nitrogens with zero attached hydrogens (tertiary/aromatic N) is 1. The first-order chi connectivity index (χ1) is 8.86. The molecule has 1 aromatic rings. The van der Waals surface area contributed by atoms with Gasteiger partial charge in [0.1, 0.15) is 5.37 Å². The van der Waals surface area contributed by atoms with Gasteiger partial charge in [-0.3, -0.25) is 4.99 Å². The highest BCUT2D eigenvalue weighted by molar-refractivity contribution is 8.01. The molecule has 1 saturated heterocycles. The predicted molar refractivity (Wildman–Crippen MR) is 78.5 cm³/mol. The maximum atomic E-state index is 4.90. The van der Waals surface area contributed by atoms with Gasteiger partial charge in [-0.1, -0.05) is 30.3 Å². The van der Waals surface area contributed by atoms with Crippen molar-refractivity contribution in [3.63, 3.8) is 0 Å². The fourth-order valence-corrected chi connectivity index (χ4v) is 3.80. The van der Waals surface area contributed by atoms with Gasteiger partial charge >= 0.3 is 0 Å². The van der Waals surface area contributed by atoms with E-state index in [1.165, 1.54) is 17.7 Å². The standard InChI is InChI=1S/C14H19N3S/c1-15-11-7-12(16-8-11)14-17-13(9-18-14)10-5-3-2-4-6-10/h2-6,11-12,14-16H,7-9H2,1H3. The van der Waals surface area contributed by atoms with Crippen molar-refractivity contribution in [3.8, 4) is 0 Å². The van der Waals surface area contributed by atoms with Crippen LogP contribution in [-0.2, 0) is 0 Å². The summed E-state index contributed by atoms with van der Waals surface area (Å²) < 4.78 is 0. The quantitative estimate of drug-likeness (QED) is 0.866. The van der Waals surface area contributed by atoms with E-state index in [-0.39, 0.29) is 0 Å². The summed E-state index contributed by atoms with van der Waals surface area (Å²) >= 11 is 1.96. The van der Waals surface area contributed by atoms with Crippen LogP contribution in [0.2, 0.25) is 0 Å². The zero-order valence-corrected chi connectivity index (χ0v) is 11.4. The van der Waals surface area contributed by atoms with Crippen LogP contribution in [0.15, 0.2) is 35.3 Å². The minimum Gasteiger partial charge on any atom is -0.316 e. The Morgan fingerprint density at radius 1 is 1.33 bits per heavy atom. The Morgan fingerprint density at radius 2 is 2.17 bits per heavy atom. The summed E-state index contributed by atoms with van der Waals surface area (Å²) in [5, 5.41) is 7.31. The Kier molecular flexibility index (Phi) is 3.68. The van der Waals surface area contributed by atoms with Gasteiger partial charge in [0.2, 0.25) is 0 Å². The van der Waals surface area contributed by atoms with Gasteiger partial charge in [0.25, 0.3) is 0 Å². The van der Waals surface area contributed by atoms with Gasteiger partial charge in [-0.2, -0.15) is 0 Å². The highest BCUT2D eigenvalue weighted by atomic mass is 32.2. The van der Waals surface area contributed by atoms with E-state index in [1.807, 2.05) is 18.8 Å². The van der Waals surface area contributed by atoms with Crippen LogP contribution in [0, 0.1) is 0 Å². The molecular formula is C14H19N3S. The van der Waals surface area contributed by atoms with Crippen LogP contribution in [0.5, 0.6) is 0 Å². The van der Waals surface area contributed by atoms with Crippen molar-refractivity contribution in [3.05, 3.63) is 35.9 Å². The topological polar surface area (TPSA) is 36.4 Å². The van der Waals surface area contributed by atoms with Crippen molar-refractivity contribution >= 4 is 17.5 Å². The molecule has 2 aliphatic heterocycles. The van der Waals surface area contributed by atoms with Crippen LogP contribution in [-0.4, -0.2) is 42.5 Å². The minimum absolute atomic E-state index is 0.388. The third kappa shape index (κ3) is 2.46. The van der Waals surface area contributed by atoms with Gasteiger partial charge in [-0.15, -0.1) is 11.8 Å². The summed E-state index contributed by atoms with van der Waals surface area (Å²) in [5.74, 6) is 1.04. The molecule has 0 aliphatic carbocycles. The van der Waals surface area contributed by atoms with Crippen molar-refractivity contribution in [1.82, 2.24) is 10.6 Å². The van der Waals surface area contributed by atoms with Crippen molar-refractivity contribution in [1.29, 1.82) is 0 Å². The molecule has 18 heavy (non-hydrogen) atoms. The van der Waals surface area contributed by atoms with E-state index in [9.17, 15) is 0 Å². The van der Waals surface area contributed by atoms with Gasteiger partial charge < -0.3 is 10.6 Å². The third-order valence-corrected chi connectivity index (χ3v) is 4.91. The number of aliphatic imine (C=N–C) groups is 1. The molecule has 4 heteroatoms. The zero-order chi connectivity index (χ0) is 12.4. The molecule has 0 bridgehead atoms. The summed E-state index contributed by atoms with van der Waals surface area (Å²) in [6.45, 7) is 1.06. The number of thioether (sulfide) groups is 1. The molecule has 2 heterocycles. The Balaban J connectivity index is 1.69. The van der Waals surface area contributed by atoms with Gasteiger partial charge in [0.15, 0.2) is 0 Å². The molecule has 3 unspecified atom stereocenters. The first kappa shape index (κ1) is 12.2. The molecule has 3 atom stereocenters. The van der Waals surface area contributed by atoms with Crippen LogP contribution in [0.4, 0.5) is 0 Å². The van der Waals surface area contributed by atoms with E-state index >= 15 is 0 Å². The summed E-state index contributed by atoms with van der Waals surface area (Å²) in [7, 11) is 2.04. The molecule has 1 fully saturated rings. The summed E-state index contributed by atoms with van der Waals surface area (Å²) in [6.07, 6.45) is 1.18. The lowest BCUT2D eigenvalue weighted by atomic mass is 10.1. The van der Waals surface area contributed by atoms with Crippen LogP contribution >= 0.6 is 11.8 Å². The Labute approximate surface area is 112 Å². The first-order valence-electron chi connectivity index (χ1n) is 6.51. The lowest BCUT2D eigenvalue weighted by Gasteiger charge is -2.14. The van der Waals surface area contributed by atoms with E-state index in [2.05, 4.69) is 41.0 Å². The number of likely N-dealkylation sites (N-methyl/N-ethyl adjacent to an activating group) is 1. The highest BCUT2D eigenvalue weighted by Crippen LogP contribution is 2.29. The molecule has 3 rings (SSSR count). The second-order valence-corrected chi connectivity index (χ2v) is 5.98. The maximum Gasteiger partial charge on any atom is 0.111 e. The van der Waals surface area contributed by atoms with Crippen molar-refractivity contribution in [2.45, 2.75) is 23.9 Å². The van der Waals surface area contributed by atoms with Crippen molar-refractivity contribution < 1.29 is 0 Å². The lowest BCUT2D eigenvalue weighted by Crippen LogP contribution is -2.30. The van der Waals surface area contributed by atoms with Crippen LogP contribution in [0.1, 0.15) is 12.0 Å². The van der Waals surface area contributed by atoms with Gasteiger partial charge in [-0.05, 0) is 19.0 Å². The zero-order valence-electron chi connectivity index (χ0n) is 10.6. The summed E-state index contributed by atoms with van der Waals surface area (Å²) in [4.78, 5) is 4.90. The van der Waals surface area contributed by atoms with Crippen molar-refractivity contribution in [2.24, 2.45) is 4.99 Å². The van der Waals surface area contributed by atoms with E-state index in [4.69, 9.17) is 4.99 Å². The number of benzene rings is 1. The molecule has 2 aliphatic rings. The molecular weight excluding hydrogens is 242 g/mol. The SMILES string of the molecule is CNC1CNC(C2N=C(c3ccccc3)CS2)C1. The summed E-state index contributed by atoms with van der Waals surface area (Å²) in [5.41, 5.74) is 2.52. The molecule has 0 saturated carbocycles. The predicted octanol–water partition coefficient (Wildman–Crippen LogP) is 1.50. The van der Waals surface area contributed by atoms with Crippen LogP contribution in [0.25, 0.3) is 0 Å². The number of rotatable bonds is 3. The second kappa shape index (κ2) is 5.43. The van der Waals surface area contributed by atoms with E-state index < -0.39 is 0 Å². The molecule has 2 N–H and O–H groups in total. The van der Waals surface area contributed by atoms with E-state index in [0.717, 1.165) is 12.3 Å². The number of nitrogens with one attached hydrogen (secondary N) is 2. The molecule has 0 spiro atoms. The first-order valence-corrected chi connectivity index (χ1v) is 7.56. The number of hydrogen-bond donors (Lipinski definition) is 2. The summed E-state index contributed by atoms with van der Waals surface area (Å²) in [6, 6.07) is 11.7. The van der Waals surface area contributed by atoms with Gasteiger partial charge in [0.05, 0.1) is 5.71 Å². The lowest BCUT2D eigenvalue weighted by molar-refractivity contribution is 0.564. The largest absolute Gasteiger partial charge is 0.316 e. The van der Waals surface area contributed by atoms with E-state index in [1.54, 1.807) is 0 Å². The molecule has 96 valence electrons. The molecule has 0 amide bonds. The van der Waals surface area contributed by atoms with Crippen molar-refractivity contribution in [2.75, 3.05) is 19.3 Å². The Hall–Kier alpha value is -0.840. The normalized spacial score (nSPS) is 31.6. The Morgan fingerprint density at radius 3 is 2.89 bits per heavy atom. The maximum absolute atomic E-state index is 4.90. The Bertz CT molecular complexity index is 432. The fourth-order valence-electron chi connectivity index (χ4n) is 2.59. The molecule has 3 nitrogen and oxygen atoms in total. The number of hydrogen-bond acceptors (Lipinski definition) is 4. The van der Waals surface area contributed by atoms with E-state index in [0.29, 0.717) is 17.5 Å². The third-order valence-electron chi connectivity index (χ3n) is 3.70. The van der Waals surface area contributed by atoms with Crippen LogP contribution in [0.3, 0.4) is 0 Å². The average molecular weight is 261 g/mol.